The van der Waals surface area contributed by atoms with E-state index in [1.54, 1.807) is 12.4 Å². The van der Waals surface area contributed by atoms with Gasteiger partial charge >= 0.3 is 0 Å². The molecule has 0 bridgehead atoms. The van der Waals surface area contributed by atoms with Crippen LogP contribution in [0.25, 0.3) is 11.4 Å². The Morgan fingerprint density at radius 2 is 2.12 bits per heavy atom. The highest BCUT2D eigenvalue weighted by molar-refractivity contribution is 5.53. The monoisotopic (exact) mass is 229 g/mol. The molecule has 1 atom stereocenters. The van der Waals surface area contributed by atoms with Crippen molar-refractivity contribution in [3.8, 4) is 11.4 Å². The average Bonchev–Trinajstić information content (AvgIpc) is 2.90. The van der Waals surface area contributed by atoms with Crippen molar-refractivity contribution in [1.29, 1.82) is 0 Å². The molecule has 1 aliphatic heterocycles. The van der Waals surface area contributed by atoms with E-state index in [0.29, 0.717) is 5.92 Å². The van der Waals surface area contributed by atoms with Crippen LogP contribution in [-0.4, -0.2) is 33.3 Å². The van der Waals surface area contributed by atoms with Crippen molar-refractivity contribution in [2.75, 3.05) is 13.1 Å². The Bertz CT molecular complexity index is 473. The first-order chi connectivity index (χ1) is 8.43. The number of nitrogens with zero attached hydrogens (tertiary/aromatic N) is 3. The van der Waals surface area contributed by atoms with E-state index in [2.05, 4.69) is 25.5 Å². The van der Waals surface area contributed by atoms with Crippen LogP contribution in [0.2, 0.25) is 0 Å². The van der Waals surface area contributed by atoms with Crippen LogP contribution in [-0.2, 0) is 0 Å². The molecule has 2 aromatic heterocycles. The number of aromatic nitrogens is 4. The predicted molar refractivity (Wildman–Crippen MR) is 64.5 cm³/mol. The van der Waals surface area contributed by atoms with Crippen LogP contribution in [0.3, 0.4) is 0 Å². The number of piperidine rings is 1. The zero-order chi connectivity index (χ0) is 11.5. The third-order valence-corrected chi connectivity index (χ3v) is 3.12. The van der Waals surface area contributed by atoms with Crippen molar-refractivity contribution in [2.24, 2.45) is 0 Å². The Hall–Kier alpha value is -1.75. The van der Waals surface area contributed by atoms with Gasteiger partial charge in [-0.15, -0.1) is 0 Å². The summed E-state index contributed by atoms with van der Waals surface area (Å²) in [7, 11) is 0. The summed E-state index contributed by atoms with van der Waals surface area (Å²) < 4.78 is 0. The Kier molecular flexibility index (Phi) is 2.83. The number of nitrogens with one attached hydrogen (secondary N) is 2. The van der Waals surface area contributed by atoms with E-state index in [4.69, 9.17) is 0 Å². The number of H-pyrrole nitrogens is 1. The van der Waals surface area contributed by atoms with Crippen LogP contribution in [0.4, 0.5) is 0 Å². The second-order valence-electron chi connectivity index (χ2n) is 4.32. The Labute approximate surface area is 99.7 Å². The third-order valence-electron chi connectivity index (χ3n) is 3.12. The second kappa shape index (κ2) is 4.63. The average molecular weight is 229 g/mol. The topological polar surface area (TPSA) is 66.5 Å². The number of pyridine rings is 1. The van der Waals surface area contributed by atoms with E-state index >= 15 is 0 Å². The number of hydrogen-bond donors (Lipinski definition) is 2. The lowest BCUT2D eigenvalue weighted by atomic mass is 9.99. The highest BCUT2D eigenvalue weighted by atomic mass is 15.2. The van der Waals surface area contributed by atoms with Crippen molar-refractivity contribution < 1.29 is 0 Å². The molecule has 5 heteroatoms. The van der Waals surface area contributed by atoms with Gasteiger partial charge in [0, 0.05) is 30.4 Å². The summed E-state index contributed by atoms with van der Waals surface area (Å²) in [5.74, 6) is 2.21. The van der Waals surface area contributed by atoms with Gasteiger partial charge in [-0.1, -0.05) is 0 Å². The number of hydrogen-bond acceptors (Lipinski definition) is 4. The molecule has 5 nitrogen and oxygen atoms in total. The summed E-state index contributed by atoms with van der Waals surface area (Å²) in [4.78, 5) is 8.56. The zero-order valence-electron chi connectivity index (χ0n) is 9.56. The first-order valence-electron chi connectivity index (χ1n) is 5.97. The maximum absolute atomic E-state index is 4.57. The standard InChI is InChI=1S/C12H15N5/c1-2-10(8-14-5-1)12-15-11(16-17-12)9-3-6-13-7-4-9/h3-4,6-7,10,14H,1-2,5,8H2,(H,15,16,17). The van der Waals surface area contributed by atoms with Gasteiger partial charge in [-0.25, -0.2) is 4.98 Å². The third kappa shape index (κ3) is 2.19. The van der Waals surface area contributed by atoms with Crippen molar-refractivity contribution in [1.82, 2.24) is 25.5 Å². The molecule has 3 rings (SSSR count). The molecule has 0 amide bonds. The van der Waals surface area contributed by atoms with Crippen molar-refractivity contribution in [2.45, 2.75) is 18.8 Å². The van der Waals surface area contributed by atoms with Crippen molar-refractivity contribution in [3.05, 3.63) is 30.4 Å². The summed E-state index contributed by atoms with van der Waals surface area (Å²) in [6.45, 7) is 2.10. The van der Waals surface area contributed by atoms with Crippen LogP contribution in [0, 0.1) is 0 Å². The minimum atomic E-state index is 0.465. The SMILES string of the molecule is c1cc(-c2n[nH]c(C3CCCNC3)n2)ccn1. The predicted octanol–water partition coefficient (Wildman–Crippen LogP) is 1.33. The van der Waals surface area contributed by atoms with E-state index in [1.165, 1.54) is 12.8 Å². The van der Waals surface area contributed by atoms with E-state index in [0.717, 1.165) is 30.3 Å². The number of aromatic amines is 1. The van der Waals surface area contributed by atoms with Gasteiger partial charge in [0.25, 0.3) is 0 Å². The van der Waals surface area contributed by atoms with E-state index in [9.17, 15) is 0 Å². The molecular formula is C12H15N5. The van der Waals surface area contributed by atoms with Gasteiger partial charge in [0.1, 0.15) is 5.82 Å². The van der Waals surface area contributed by atoms with E-state index in [1.807, 2.05) is 12.1 Å². The molecular weight excluding hydrogens is 214 g/mol. The van der Waals surface area contributed by atoms with Gasteiger partial charge in [-0.2, -0.15) is 5.10 Å². The summed E-state index contributed by atoms with van der Waals surface area (Å²) in [6, 6.07) is 3.85. The van der Waals surface area contributed by atoms with Crippen LogP contribution < -0.4 is 5.32 Å². The molecule has 0 spiro atoms. The van der Waals surface area contributed by atoms with Crippen LogP contribution >= 0.6 is 0 Å². The molecule has 0 aliphatic carbocycles. The van der Waals surface area contributed by atoms with E-state index < -0.39 is 0 Å². The fourth-order valence-corrected chi connectivity index (χ4v) is 2.17. The maximum atomic E-state index is 4.57. The molecule has 17 heavy (non-hydrogen) atoms. The van der Waals surface area contributed by atoms with Crippen LogP contribution in [0.15, 0.2) is 24.5 Å². The van der Waals surface area contributed by atoms with Crippen LogP contribution in [0.5, 0.6) is 0 Å². The van der Waals surface area contributed by atoms with Gasteiger partial charge in [-0.3, -0.25) is 10.1 Å². The zero-order valence-corrected chi connectivity index (χ0v) is 9.56. The Balaban J connectivity index is 1.83. The first-order valence-corrected chi connectivity index (χ1v) is 5.97. The normalized spacial score (nSPS) is 20.4. The smallest absolute Gasteiger partial charge is 0.181 e. The van der Waals surface area contributed by atoms with Crippen molar-refractivity contribution >= 4 is 0 Å². The van der Waals surface area contributed by atoms with Crippen molar-refractivity contribution in [3.63, 3.8) is 0 Å². The van der Waals surface area contributed by atoms with Gasteiger partial charge in [-0.05, 0) is 31.5 Å². The minimum absolute atomic E-state index is 0.465. The van der Waals surface area contributed by atoms with Gasteiger partial charge in [0.05, 0.1) is 0 Å². The van der Waals surface area contributed by atoms with E-state index in [-0.39, 0.29) is 0 Å². The summed E-state index contributed by atoms with van der Waals surface area (Å²) >= 11 is 0. The minimum Gasteiger partial charge on any atom is -0.316 e. The Morgan fingerprint density at radius 1 is 1.24 bits per heavy atom. The molecule has 1 unspecified atom stereocenters. The molecule has 0 radical (unpaired) electrons. The number of rotatable bonds is 2. The summed E-state index contributed by atoms with van der Waals surface area (Å²) in [5.41, 5.74) is 1.01. The van der Waals surface area contributed by atoms with Crippen LogP contribution in [0.1, 0.15) is 24.6 Å². The molecule has 88 valence electrons. The molecule has 1 saturated heterocycles. The van der Waals surface area contributed by atoms with Gasteiger partial charge < -0.3 is 5.32 Å². The fraction of sp³-hybridized carbons (Fsp3) is 0.417. The molecule has 0 saturated carbocycles. The summed E-state index contributed by atoms with van der Waals surface area (Å²) in [5, 5.41) is 10.7. The molecule has 1 fully saturated rings. The maximum Gasteiger partial charge on any atom is 0.181 e. The quantitative estimate of drug-likeness (QED) is 0.815. The highest BCUT2D eigenvalue weighted by Gasteiger charge is 2.19. The van der Waals surface area contributed by atoms with Gasteiger partial charge in [0.2, 0.25) is 0 Å². The lowest BCUT2D eigenvalue weighted by molar-refractivity contribution is 0.447. The largest absolute Gasteiger partial charge is 0.316 e. The lowest BCUT2D eigenvalue weighted by Crippen LogP contribution is -2.28. The Morgan fingerprint density at radius 3 is 2.88 bits per heavy atom. The first kappa shape index (κ1) is 10.4. The fourth-order valence-electron chi connectivity index (χ4n) is 2.17. The van der Waals surface area contributed by atoms with Gasteiger partial charge in [0.15, 0.2) is 5.82 Å². The highest BCUT2D eigenvalue weighted by Crippen LogP contribution is 2.22. The molecule has 3 heterocycles. The molecule has 2 N–H and O–H groups in total. The summed E-state index contributed by atoms with van der Waals surface area (Å²) in [6.07, 6.45) is 5.90. The second-order valence-corrected chi connectivity index (χ2v) is 4.32. The molecule has 1 aliphatic rings. The molecule has 0 aromatic carbocycles. The molecule has 2 aromatic rings. The lowest BCUT2D eigenvalue weighted by Gasteiger charge is -2.20.